The maximum atomic E-state index is 13.1. The Labute approximate surface area is 203 Å². The predicted octanol–water partition coefficient (Wildman–Crippen LogP) is 6.34. The lowest BCUT2D eigenvalue weighted by atomic mass is 9.83. The van der Waals surface area contributed by atoms with E-state index in [0.29, 0.717) is 35.0 Å². The van der Waals surface area contributed by atoms with Gasteiger partial charge >= 0.3 is 0 Å². The lowest BCUT2D eigenvalue weighted by Crippen LogP contribution is -2.32. The van der Waals surface area contributed by atoms with Crippen LogP contribution in [0.25, 0.3) is 11.3 Å². The third-order valence-corrected chi connectivity index (χ3v) is 6.63. The van der Waals surface area contributed by atoms with Crippen molar-refractivity contribution in [1.29, 1.82) is 0 Å². The van der Waals surface area contributed by atoms with Gasteiger partial charge in [0.05, 0.1) is 23.4 Å². The summed E-state index contributed by atoms with van der Waals surface area (Å²) < 4.78 is 7.54. The number of amides is 1. The smallest absolute Gasteiger partial charge is 0.273 e. The van der Waals surface area contributed by atoms with Crippen LogP contribution < -0.4 is 15.4 Å². The quantitative estimate of drug-likeness (QED) is 0.491. The van der Waals surface area contributed by atoms with Crippen LogP contribution in [0.3, 0.4) is 0 Å². The highest BCUT2D eigenvalue weighted by Gasteiger charge is 2.30. The first-order valence-electron chi connectivity index (χ1n) is 12.0. The van der Waals surface area contributed by atoms with Gasteiger partial charge in [0, 0.05) is 29.9 Å². The average Bonchev–Trinajstić information content (AvgIpc) is 3.10. The summed E-state index contributed by atoms with van der Waals surface area (Å²) in [5.41, 5.74) is 2.34. The van der Waals surface area contributed by atoms with Gasteiger partial charge in [-0.1, -0.05) is 31.4 Å². The average molecular weight is 475 g/mol. The molecule has 7 heteroatoms. The third kappa shape index (κ3) is 6.03. The van der Waals surface area contributed by atoms with Crippen molar-refractivity contribution < 1.29 is 9.53 Å². The maximum Gasteiger partial charge on any atom is 0.273 e. The zero-order valence-corrected chi connectivity index (χ0v) is 21.8. The third-order valence-electron chi connectivity index (χ3n) is 6.28. The molecule has 1 aromatic carbocycles. The van der Waals surface area contributed by atoms with E-state index >= 15 is 0 Å². The van der Waals surface area contributed by atoms with Crippen molar-refractivity contribution in [3.8, 4) is 17.0 Å². The van der Waals surface area contributed by atoms with Crippen LogP contribution >= 0.6 is 11.6 Å². The fourth-order valence-electron chi connectivity index (χ4n) is 4.43. The molecule has 2 aromatic rings. The molecule has 6 nitrogen and oxygen atoms in total. The van der Waals surface area contributed by atoms with Gasteiger partial charge in [-0.15, -0.1) is 0 Å². The first-order valence-corrected chi connectivity index (χ1v) is 12.4. The number of nitrogens with one attached hydrogen (secondary N) is 2. The number of ether oxygens (including phenoxy) is 1. The Bertz CT molecular complexity index is 969. The molecule has 1 heterocycles. The minimum atomic E-state index is -0.378. The molecule has 1 aliphatic rings. The summed E-state index contributed by atoms with van der Waals surface area (Å²) >= 11 is 6.84. The van der Waals surface area contributed by atoms with E-state index in [-0.39, 0.29) is 17.1 Å². The van der Waals surface area contributed by atoms with Crippen LogP contribution in [0, 0.1) is 11.8 Å². The van der Waals surface area contributed by atoms with Crippen molar-refractivity contribution in [3.63, 3.8) is 0 Å². The summed E-state index contributed by atoms with van der Waals surface area (Å²) in [7, 11) is 1.64. The van der Waals surface area contributed by atoms with Crippen LogP contribution in [-0.2, 0) is 5.54 Å². The van der Waals surface area contributed by atoms with Crippen molar-refractivity contribution in [2.45, 2.75) is 78.8 Å². The summed E-state index contributed by atoms with van der Waals surface area (Å²) in [6.07, 6.45) is 4.77. The molecule has 0 bridgehead atoms. The van der Waals surface area contributed by atoms with E-state index in [2.05, 4.69) is 36.5 Å². The highest BCUT2D eigenvalue weighted by atomic mass is 35.5. The van der Waals surface area contributed by atoms with Gasteiger partial charge in [0.1, 0.15) is 5.75 Å². The topological polar surface area (TPSA) is 68.2 Å². The number of nitrogens with zero attached hydrogens (tertiary/aromatic N) is 2. The predicted molar refractivity (Wildman–Crippen MR) is 136 cm³/mol. The molecule has 33 heavy (non-hydrogen) atoms. The molecular formula is C26H39ClN4O2. The number of anilines is 1. The van der Waals surface area contributed by atoms with E-state index < -0.39 is 0 Å². The summed E-state index contributed by atoms with van der Waals surface area (Å²) in [6, 6.07) is 6.22. The summed E-state index contributed by atoms with van der Waals surface area (Å²) in [5.74, 6) is 1.76. The molecule has 0 unspecified atom stereocenters. The SMILES string of the molecule is COc1cc(NC(C)C)ccc1-c1c(Cl)c(C(=O)NCC2CCC(C)CC2)nn1C(C)(C)C. The first-order chi connectivity index (χ1) is 15.5. The Morgan fingerprint density at radius 2 is 1.91 bits per heavy atom. The molecule has 2 N–H and O–H groups in total. The Balaban J connectivity index is 1.93. The molecule has 3 rings (SSSR count). The normalized spacial score (nSPS) is 18.9. The second kappa shape index (κ2) is 10.4. The van der Waals surface area contributed by atoms with Crippen LogP contribution in [0.4, 0.5) is 5.69 Å². The van der Waals surface area contributed by atoms with E-state index in [1.165, 1.54) is 12.8 Å². The number of carbonyl (C=O) groups is 1. The second-order valence-corrected chi connectivity index (χ2v) is 11.0. The van der Waals surface area contributed by atoms with E-state index in [1.807, 2.05) is 43.7 Å². The Kier molecular flexibility index (Phi) is 7.99. The molecule has 1 aliphatic carbocycles. The number of benzene rings is 1. The molecule has 0 spiro atoms. The molecule has 0 radical (unpaired) electrons. The number of carbonyl (C=O) groups excluding carboxylic acids is 1. The largest absolute Gasteiger partial charge is 0.496 e. The summed E-state index contributed by atoms with van der Waals surface area (Å²) in [6.45, 7) is 13.3. The first kappa shape index (κ1) is 25.4. The van der Waals surface area contributed by atoms with Crippen molar-refractivity contribution >= 4 is 23.2 Å². The summed E-state index contributed by atoms with van der Waals surface area (Å²) in [5, 5.41) is 11.5. The van der Waals surface area contributed by atoms with Crippen LogP contribution in [0.5, 0.6) is 5.75 Å². The van der Waals surface area contributed by atoms with Gasteiger partial charge in [-0.3, -0.25) is 9.48 Å². The molecular weight excluding hydrogens is 436 g/mol. The van der Waals surface area contributed by atoms with Gasteiger partial charge in [0.2, 0.25) is 0 Å². The lowest BCUT2D eigenvalue weighted by Gasteiger charge is -2.26. The molecule has 1 saturated carbocycles. The van der Waals surface area contributed by atoms with Gasteiger partial charge in [-0.05, 0) is 71.4 Å². The number of rotatable bonds is 7. The van der Waals surface area contributed by atoms with E-state index in [0.717, 1.165) is 30.0 Å². The molecule has 1 fully saturated rings. The van der Waals surface area contributed by atoms with E-state index in [9.17, 15) is 4.79 Å². The van der Waals surface area contributed by atoms with Crippen LogP contribution in [0.15, 0.2) is 18.2 Å². The Morgan fingerprint density at radius 1 is 1.24 bits per heavy atom. The van der Waals surface area contributed by atoms with Gasteiger partial charge in [0.15, 0.2) is 5.69 Å². The van der Waals surface area contributed by atoms with Crippen LogP contribution in [-0.4, -0.2) is 35.4 Å². The standard InChI is InChI=1S/C26H39ClN4O2/c1-16(2)29-19-12-13-20(21(14-19)33-7)24-22(27)23(30-31(24)26(4,5)6)25(32)28-15-18-10-8-17(3)9-11-18/h12-14,16-18,29H,8-11,15H2,1-7H3,(H,28,32). The maximum absolute atomic E-state index is 13.1. The van der Waals surface area contributed by atoms with Gasteiger partial charge in [0.25, 0.3) is 5.91 Å². The van der Waals surface area contributed by atoms with Crippen molar-refractivity contribution in [3.05, 3.63) is 28.9 Å². The minimum Gasteiger partial charge on any atom is -0.496 e. The molecule has 1 aromatic heterocycles. The zero-order valence-electron chi connectivity index (χ0n) is 21.1. The fraction of sp³-hybridized carbons (Fsp3) is 0.615. The number of methoxy groups -OCH3 is 1. The number of halogens is 1. The Morgan fingerprint density at radius 3 is 2.48 bits per heavy atom. The van der Waals surface area contributed by atoms with E-state index in [4.69, 9.17) is 16.3 Å². The molecule has 0 aliphatic heterocycles. The zero-order chi connectivity index (χ0) is 24.3. The molecule has 0 atom stereocenters. The minimum absolute atomic E-state index is 0.222. The number of hydrogen-bond donors (Lipinski definition) is 2. The van der Waals surface area contributed by atoms with Gasteiger partial charge in [-0.25, -0.2) is 0 Å². The van der Waals surface area contributed by atoms with Crippen LogP contribution in [0.1, 0.15) is 77.7 Å². The fourth-order valence-corrected chi connectivity index (χ4v) is 4.73. The van der Waals surface area contributed by atoms with Crippen molar-refractivity contribution in [2.24, 2.45) is 11.8 Å². The summed E-state index contributed by atoms with van der Waals surface area (Å²) in [4.78, 5) is 13.1. The highest BCUT2D eigenvalue weighted by Crippen LogP contribution is 2.40. The monoisotopic (exact) mass is 474 g/mol. The highest BCUT2D eigenvalue weighted by molar-refractivity contribution is 6.36. The number of hydrogen-bond acceptors (Lipinski definition) is 4. The second-order valence-electron chi connectivity index (χ2n) is 10.6. The van der Waals surface area contributed by atoms with Crippen LogP contribution in [0.2, 0.25) is 5.02 Å². The lowest BCUT2D eigenvalue weighted by molar-refractivity contribution is 0.0935. The Hall–Kier alpha value is -2.21. The van der Waals surface area contributed by atoms with E-state index in [1.54, 1.807) is 7.11 Å². The molecule has 0 saturated heterocycles. The molecule has 182 valence electrons. The number of aromatic nitrogens is 2. The van der Waals surface area contributed by atoms with Crippen molar-refractivity contribution in [2.75, 3.05) is 19.0 Å². The van der Waals surface area contributed by atoms with Crippen molar-refractivity contribution in [1.82, 2.24) is 15.1 Å². The van der Waals surface area contributed by atoms with Gasteiger partial charge in [-0.2, -0.15) is 5.10 Å². The van der Waals surface area contributed by atoms with Gasteiger partial charge < -0.3 is 15.4 Å². The molecule has 1 amide bonds.